The molecule has 0 saturated carbocycles. The Morgan fingerprint density at radius 1 is 1.25 bits per heavy atom. The van der Waals surface area contributed by atoms with Crippen molar-refractivity contribution in [3.05, 3.63) is 33.8 Å². The lowest BCUT2D eigenvalue weighted by Crippen LogP contribution is -2.31. The van der Waals surface area contributed by atoms with Gasteiger partial charge in [0.1, 0.15) is 5.84 Å². The van der Waals surface area contributed by atoms with Gasteiger partial charge in [-0.2, -0.15) is 0 Å². The monoisotopic (exact) mass is 258 g/mol. The largest absolute Gasteiger partial charge is 0.361 e. The minimum atomic E-state index is 0.553. The maximum Gasteiger partial charge on any atom is 0.100 e. The number of hydrogen-bond donors (Lipinski definition) is 1. The zero-order valence-electron chi connectivity index (χ0n) is 9.56. The minimum absolute atomic E-state index is 0.553. The van der Waals surface area contributed by atoms with Crippen LogP contribution in [0.2, 0.25) is 10.0 Å². The summed E-state index contributed by atoms with van der Waals surface area (Å²) >= 11 is 11.9. The van der Waals surface area contributed by atoms with E-state index in [2.05, 4.69) is 0 Å². The van der Waals surface area contributed by atoms with Gasteiger partial charge in [0.05, 0.1) is 0 Å². The highest BCUT2D eigenvalue weighted by atomic mass is 35.5. The van der Waals surface area contributed by atoms with Crippen molar-refractivity contribution in [2.24, 2.45) is 0 Å². The number of nitrogens with zero attached hydrogens (tertiary/aromatic N) is 1. The van der Waals surface area contributed by atoms with Crippen LogP contribution in [0.1, 0.15) is 19.4 Å². The maximum atomic E-state index is 7.97. The molecule has 0 aromatic heterocycles. The van der Waals surface area contributed by atoms with Crippen LogP contribution in [0.25, 0.3) is 0 Å². The van der Waals surface area contributed by atoms with Crippen molar-refractivity contribution >= 4 is 29.0 Å². The average molecular weight is 259 g/mol. The molecule has 0 bridgehead atoms. The first-order valence-corrected chi connectivity index (χ1v) is 6.10. The summed E-state index contributed by atoms with van der Waals surface area (Å²) in [4.78, 5) is 2.00. The number of rotatable bonds is 4. The summed E-state index contributed by atoms with van der Waals surface area (Å²) in [5.74, 6) is 0.592. The first-order chi connectivity index (χ1) is 7.58. The van der Waals surface area contributed by atoms with Crippen molar-refractivity contribution in [3.8, 4) is 0 Å². The van der Waals surface area contributed by atoms with Crippen LogP contribution in [-0.4, -0.2) is 23.8 Å². The summed E-state index contributed by atoms with van der Waals surface area (Å²) in [6, 6.07) is 5.40. The Labute approximate surface area is 107 Å². The quantitative estimate of drug-likeness (QED) is 0.645. The van der Waals surface area contributed by atoms with Crippen molar-refractivity contribution in [1.29, 1.82) is 5.41 Å². The normalized spacial score (nSPS) is 10.2. The van der Waals surface area contributed by atoms with Gasteiger partial charge in [0.15, 0.2) is 0 Å². The lowest BCUT2D eigenvalue weighted by Gasteiger charge is -2.21. The van der Waals surface area contributed by atoms with E-state index in [1.165, 1.54) is 0 Å². The zero-order valence-corrected chi connectivity index (χ0v) is 11.1. The first kappa shape index (κ1) is 13.3. The van der Waals surface area contributed by atoms with Gasteiger partial charge in [0, 0.05) is 29.6 Å². The highest BCUT2D eigenvalue weighted by Gasteiger charge is 2.09. The highest BCUT2D eigenvalue weighted by Crippen LogP contribution is 2.21. The predicted octanol–water partition coefficient (Wildman–Crippen LogP) is 3.85. The van der Waals surface area contributed by atoms with Gasteiger partial charge >= 0.3 is 0 Å². The fraction of sp³-hybridized carbons (Fsp3) is 0.417. The van der Waals surface area contributed by atoms with Gasteiger partial charge in [0.2, 0.25) is 0 Å². The third kappa shape index (κ3) is 3.39. The smallest absolute Gasteiger partial charge is 0.100 e. The summed E-state index contributed by atoms with van der Waals surface area (Å²) < 4.78 is 0. The number of hydrogen-bond acceptors (Lipinski definition) is 1. The standard InChI is InChI=1S/C12H16Cl2N2/c1-3-16(4-2)12(15)7-9-5-6-10(13)8-11(9)14/h5-6,8,15H,3-4,7H2,1-2H3. The van der Waals surface area contributed by atoms with Crippen molar-refractivity contribution in [1.82, 2.24) is 4.90 Å². The fourth-order valence-corrected chi connectivity index (χ4v) is 2.04. The molecule has 1 N–H and O–H groups in total. The molecular weight excluding hydrogens is 243 g/mol. The Morgan fingerprint density at radius 3 is 2.38 bits per heavy atom. The van der Waals surface area contributed by atoms with Crippen molar-refractivity contribution in [3.63, 3.8) is 0 Å². The molecule has 1 aromatic rings. The molecule has 0 aliphatic heterocycles. The van der Waals surface area contributed by atoms with Crippen LogP contribution in [0.4, 0.5) is 0 Å². The molecule has 1 aromatic carbocycles. The van der Waals surface area contributed by atoms with Gasteiger partial charge < -0.3 is 4.90 Å². The topological polar surface area (TPSA) is 27.1 Å². The molecule has 2 nitrogen and oxygen atoms in total. The molecule has 0 heterocycles. The van der Waals surface area contributed by atoms with Gasteiger partial charge in [-0.3, -0.25) is 5.41 Å². The van der Waals surface area contributed by atoms with Gasteiger partial charge in [-0.25, -0.2) is 0 Å². The summed E-state index contributed by atoms with van der Waals surface area (Å²) in [6.45, 7) is 5.78. The van der Waals surface area contributed by atoms with Crippen LogP contribution in [0.3, 0.4) is 0 Å². The summed E-state index contributed by atoms with van der Waals surface area (Å²) in [6.07, 6.45) is 0.553. The van der Waals surface area contributed by atoms with Crippen molar-refractivity contribution in [2.45, 2.75) is 20.3 Å². The molecule has 0 unspecified atom stereocenters. The SMILES string of the molecule is CCN(CC)C(=N)Cc1ccc(Cl)cc1Cl. The maximum absolute atomic E-state index is 7.97. The molecular formula is C12H16Cl2N2. The number of nitrogens with one attached hydrogen (secondary N) is 1. The average Bonchev–Trinajstić information content (AvgIpc) is 2.24. The van der Waals surface area contributed by atoms with Crippen molar-refractivity contribution < 1.29 is 0 Å². The number of likely N-dealkylation sites (N-methyl/N-ethyl adjacent to an activating group) is 1. The fourth-order valence-electron chi connectivity index (χ4n) is 1.56. The minimum Gasteiger partial charge on any atom is -0.361 e. The first-order valence-electron chi connectivity index (χ1n) is 5.34. The second-order valence-corrected chi connectivity index (χ2v) is 4.38. The van der Waals surface area contributed by atoms with E-state index in [9.17, 15) is 0 Å². The van der Waals surface area contributed by atoms with Gasteiger partial charge in [-0.15, -0.1) is 0 Å². The molecule has 4 heteroatoms. The lowest BCUT2D eigenvalue weighted by molar-refractivity contribution is 0.455. The van der Waals surface area contributed by atoms with E-state index in [-0.39, 0.29) is 0 Å². The van der Waals surface area contributed by atoms with E-state index in [0.29, 0.717) is 22.3 Å². The summed E-state index contributed by atoms with van der Waals surface area (Å²) in [7, 11) is 0. The highest BCUT2D eigenvalue weighted by molar-refractivity contribution is 6.35. The van der Waals surface area contributed by atoms with E-state index in [0.717, 1.165) is 18.7 Å². The Bertz CT molecular complexity index is 373. The molecule has 0 radical (unpaired) electrons. The van der Waals surface area contributed by atoms with Crippen LogP contribution in [0.5, 0.6) is 0 Å². The van der Waals surface area contributed by atoms with E-state index >= 15 is 0 Å². The molecule has 88 valence electrons. The molecule has 1 rings (SSSR count). The third-order valence-electron chi connectivity index (χ3n) is 2.52. The Hall–Kier alpha value is -0.730. The summed E-state index contributed by atoms with van der Waals surface area (Å²) in [5.41, 5.74) is 0.947. The third-order valence-corrected chi connectivity index (χ3v) is 3.11. The molecule has 0 aliphatic rings. The molecule has 0 spiro atoms. The van der Waals surface area contributed by atoms with E-state index in [4.69, 9.17) is 28.6 Å². The summed E-state index contributed by atoms with van der Waals surface area (Å²) in [5, 5.41) is 9.22. The molecule has 0 atom stereocenters. The van der Waals surface area contributed by atoms with E-state index in [1.54, 1.807) is 12.1 Å². The van der Waals surface area contributed by atoms with E-state index < -0.39 is 0 Å². The Balaban J connectivity index is 2.76. The molecule has 16 heavy (non-hydrogen) atoms. The molecule has 0 amide bonds. The number of benzene rings is 1. The van der Waals surface area contributed by atoms with Crippen LogP contribution >= 0.6 is 23.2 Å². The van der Waals surface area contributed by atoms with Gasteiger partial charge in [0.25, 0.3) is 0 Å². The van der Waals surface area contributed by atoms with Crippen LogP contribution in [0.15, 0.2) is 18.2 Å². The van der Waals surface area contributed by atoms with Crippen LogP contribution in [-0.2, 0) is 6.42 Å². The van der Waals surface area contributed by atoms with Gasteiger partial charge in [-0.05, 0) is 31.5 Å². The number of halogens is 2. The zero-order chi connectivity index (χ0) is 12.1. The Morgan fingerprint density at radius 2 is 1.88 bits per heavy atom. The molecule has 0 saturated heterocycles. The Kier molecular flexibility index (Phi) is 5.10. The molecule has 0 aliphatic carbocycles. The van der Waals surface area contributed by atoms with E-state index in [1.807, 2.05) is 24.8 Å². The lowest BCUT2D eigenvalue weighted by atomic mass is 10.1. The van der Waals surface area contributed by atoms with Crippen LogP contribution < -0.4 is 0 Å². The second kappa shape index (κ2) is 6.12. The van der Waals surface area contributed by atoms with Crippen LogP contribution in [0, 0.1) is 5.41 Å². The van der Waals surface area contributed by atoms with Gasteiger partial charge in [-0.1, -0.05) is 29.3 Å². The number of amidine groups is 1. The second-order valence-electron chi connectivity index (χ2n) is 3.53. The molecule has 0 fully saturated rings. The van der Waals surface area contributed by atoms with Crippen molar-refractivity contribution in [2.75, 3.05) is 13.1 Å². The predicted molar refractivity (Wildman–Crippen MR) is 70.8 cm³/mol.